The summed E-state index contributed by atoms with van der Waals surface area (Å²) in [5, 5.41) is 0. The van der Waals surface area contributed by atoms with Crippen molar-refractivity contribution in [3.05, 3.63) is 23.8 Å². The van der Waals surface area contributed by atoms with Gasteiger partial charge in [-0.2, -0.15) is 13.2 Å². The van der Waals surface area contributed by atoms with Crippen LogP contribution in [0, 0.1) is 11.8 Å². The molecule has 0 spiro atoms. The topological polar surface area (TPSA) is 9.23 Å². The van der Waals surface area contributed by atoms with Crippen molar-refractivity contribution in [3.8, 4) is 0 Å². The molecule has 1 unspecified atom stereocenters. The fourth-order valence-electron chi connectivity index (χ4n) is 3.64. The lowest BCUT2D eigenvalue weighted by Gasteiger charge is -2.30. The zero-order chi connectivity index (χ0) is 16.0. The molecule has 0 heterocycles. The quantitative estimate of drug-likeness (QED) is 0.561. The van der Waals surface area contributed by atoms with Crippen molar-refractivity contribution in [2.45, 2.75) is 70.1 Å². The normalized spacial score (nSPS) is 29.5. The van der Waals surface area contributed by atoms with E-state index in [1.807, 2.05) is 0 Å². The Hall–Kier alpha value is -0.770. The lowest BCUT2D eigenvalue weighted by molar-refractivity contribution is -0.135. The van der Waals surface area contributed by atoms with E-state index in [4.69, 9.17) is 4.74 Å². The first kappa shape index (κ1) is 17.6. The Bertz CT molecular complexity index is 390. The second-order valence-electron chi connectivity index (χ2n) is 6.65. The zero-order valence-electron chi connectivity index (χ0n) is 13.4. The molecular formula is C18H27F3O. The second-order valence-corrected chi connectivity index (χ2v) is 6.65. The molecule has 0 aromatic carbocycles. The third kappa shape index (κ3) is 5.79. The molecule has 0 N–H and O–H groups in total. The molecule has 126 valence electrons. The van der Waals surface area contributed by atoms with E-state index in [0.717, 1.165) is 25.7 Å². The van der Waals surface area contributed by atoms with Gasteiger partial charge in [0.25, 0.3) is 0 Å². The van der Waals surface area contributed by atoms with Crippen molar-refractivity contribution in [1.82, 2.24) is 0 Å². The number of rotatable bonds is 6. The molecule has 1 atom stereocenters. The molecule has 2 aliphatic carbocycles. The van der Waals surface area contributed by atoms with Crippen LogP contribution in [0.5, 0.6) is 0 Å². The molecule has 0 radical (unpaired) electrons. The van der Waals surface area contributed by atoms with Crippen LogP contribution in [0.15, 0.2) is 23.8 Å². The molecule has 0 amide bonds. The summed E-state index contributed by atoms with van der Waals surface area (Å²) < 4.78 is 41.6. The minimum absolute atomic E-state index is 0.216. The Labute approximate surface area is 131 Å². The van der Waals surface area contributed by atoms with Crippen LogP contribution in [-0.4, -0.2) is 19.4 Å². The first-order valence-corrected chi connectivity index (χ1v) is 8.45. The van der Waals surface area contributed by atoms with Crippen molar-refractivity contribution in [1.29, 1.82) is 0 Å². The summed E-state index contributed by atoms with van der Waals surface area (Å²) in [4.78, 5) is 0. The van der Waals surface area contributed by atoms with Crippen molar-refractivity contribution in [2.75, 3.05) is 7.11 Å². The fourth-order valence-corrected chi connectivity index (χ4v) is 3.64. The molecule has 4 heteroatoms. The standard InChI is InChI=1S/C18H27F3O/c1-22-17-11-9-16(10-12-17)15-7-5-14(6-8-15)4-2-3-13-18(19,20)21/h9-11,14-15,17H,2-8,12-13H2,1H3. The molecule has 0 aromatic rings. The zero-order valence-corrected chi connectivity index (χ0v) is 13.4. The van der Waals surface area contributed by atoms with Gasteiger partial charge in [-0.15, -0.1) is 0 Å². The largest absolute Gasteiger partial charge is 0.389 e. The summed E-state index contributed by atoms with van der Waals surface area (Å²) in [7, 11) is 1.73. The maximum Gasteiger partial charge on any atom is 0.389 e. The average Bonchev–Trinajstić information content (AvgIpc) is 2.51. The lowest BCUT2D eigenvalue weighted by Crippen LogP contribution is -2.18. The van der Waals surface area contributed by atoms with Crippen LogP contribution in [-0.2, 0) is 4.74 Å². The highest BCUT2D eigenvalue weighted by atomic mass is 19.4. The van der Waals surface area contributed by atoms with Gasteiger partial charge < -0.3 is 4.74 Å². The maximum absolute atomic E-state index is 12.1. The molecule has 1 nitrogen and oxygen atoms in total. The van der Waals surface area contributed by atoms with Crippen molar-refractivity contribution in [2.24, 2.45) is 11.8 Å². The number of hydrogen-bond donors (Lipinski definition) is 0. The molecule has 0 bridgehead atoms. The highest BCUT2D eigenvalue weighted by molar-refractivity contribution is 5.27. The van der Waals surface area contributed by atoms with E-state index in [1.54, 1.807) is 7.11 Å². The van der Waals surface area contributed by atoms with Gasteiger partial charge in [-0.3, -0.25) is 0 Å². The van der Waals surface area contributed by atoms with E-state index in [0.29, 0.717) is 18.3 Å². The summed E-state index contributed by atoms with van der Waals surface area (Å²) >= 11 is 0. The number of hydrogen-bond acceptors (Lipinski definition) is 1. The molecule has 1 saturated carbocycles. The summed E-state index contributed by atoms with van der Waals surface area (Å²) in [6.45, 7) is 0. The number of methoxy groups -OCH3 is 1. The first-order valence-electron chi connectivity index (χ1n) is 8.45. The van der Waals surface area contributed by atoms with Gasteiger partial charge in [0, 0.05) is 13.5 Å². The third-order valence-corrected chi connectivity index (χ3v) is 5.03. The maximum atomic E-state index is 12.1. The van der Waals surface area contributed by atoms with Crippen molar-refractivity contribution in [3.63, 3.8) is 0 Å². The monoisotopic (exact) mass is 316 g/mol. The number of allylic oxidation sites excluding steroid dienone is 2. The van der Waals surface area contributed by atoms with Crippen LogP contribution in [0.4, 0.5) is 13.2 Å². The number of alkyl halides is 3. The summed E-state index contributed by atoms with van der Waals surface area (Å²) in [6.07, 6.45) is 9.84. The Morgan fingerprint density at radius 3 is 2.41 bits per heavy atom. The predicted molar refractivity (Wildman–Crippen MR) is 82.6 cm³/mol. The van der Waals surface area contributed by atoms with Crippen LogP contribution < -0.4 is 0 Å². The van der Waals surface area contributed by atoms with Gasteiger partial charge in [0.1, 0.15) is 0 Å². The SMILES string of the molecule is COC1C=CC(C2CCC(CCCCC(F)(F)F)CC2)=CC1. The molecule has 2 aliphatic rings. The Morgan fingerprint density at radius 2 is 1.86 bits per heavy atom. The highest BCUT2D eigenvalue weighted by Gasteiger charge is 2.27. The number of ether oxygens (including phenoxy) is 1. The minimum Gasteiger partial charge on any atom is -0.377 e. The average molecular weight is 316 g/mol. The summed E-state index contributed by atoms with van der Waals surface area (Å²) in [5.74, 6) is 1.27. The van der Waals surface area contributed by atoms with E-state index in [2.05, 4.69) is 18.2 Å². The van der Waals surface area contributed by atoms with Gasteiger partial charge in [0.2, 0.25) is 0 Å². The third-order valence-electron chi connectivity index (χ3n) is 5.03. The van der Waals surface area contributed by atoms with Crippen LogP contribution in [0.3, 0.4) is 0 Å². The van der Waals surface area contributed by atoms with Crippen LogP contribution in [0.25, 0.3) is 0 Å². The Balaban J connectivity index is 1.64. The van der Waals surface area contributed by atoms with Crippen LogP contribution >= 0.6 is 0 Å². The van der Waals surface area contributed by atoms with Crippen LogP contribution in [0.2, 0.25) is 0 Å². The molecule has 22 heavy (non-hydrogen) atoms. The van der Waals surface area contributed by atoms with E-state index < -0.39 is 12.6 Å². The molecule has 0 aromatic heterocycles. The number of halogens is 3. The van der Waals surface area contributed by atoms with E-state index in [1.165, 1.54) is 18.4 Å². The van der Waals surface area contributed by atoms with E-state index in [-0.39, 0.29) is 12.5 Å². The van der Waals surface area contributed by atoms with Gasteiger partial charge in [0.15, 0.2) is 0 Å². The van der Waals surface area contributed by atoms with E-state index >= 15 is 0 Å². The van der Waals surface area contributed by atoms with Gasteiger partial charge in [0.05, 0.1) is 6.10 Å². The van der Waals surface area contributed by atoms with Crippen molar-refractivity contribution >= 4 is 0 Å². The summed E-state index contributed by atoms with van der Waals surface area (Å²) in [6, 6.07) is 0. The second kappa shape index (κ2) is 8.19. The smallest absolute Gasteiger partial charge is 0.377 e. The highest BCUT2D eigenvalue weighted by Crippen LogP contribution is 2.37. The fraction of sp³-hybridized carbons (Fsp3) is 0.778. The van der Waals surface area contributed by atoms with Crippen molar-refractivity contribution < 1.29 is 17.9 Å². The van der Waals surface area contributed by atoms with Gasteiger partial charge in [-0.05, 0) is 55.9 Å². The van der Waals surface area contributed by atoms with Gasteiger partial charge in [-0.25, -0.2) is 0 Å². The Morgan fingerprint density at radius 1 is 1.14 bits per heavy atom. The number of unbranched alkanes of at least 4 members (excludes halogenated alkanes) is 1. The predicted octanol–water partition coefficient (Wildman–Crippen LogP) is 5.82. The van der Waals surface area contributed by atoms with Gasteiger partial charge in [-0.1, -0.05) is 31.1 Å². The molecule has 0 saturated heterocycles. The molecule has 0 aliphatic heterocycles. The van der Waals surface area contributed by atoms with E-state index in [9.17, 15) is 13.2 Å². The Kier molecular flexibility index (Phi) is 6.54. The molecular weight excluding hydrogens is 289 g/mol. The molecule has 1 fully saturated rings. The lowest BCUT2D eigenvalue weighted by atomic mass is 9.76. The molecule has 2 rings (SSSR count). The first-order chi connectivity index (χ1) is 10.5. The van der Waals surface area contributed by atoms with Crippen LogP contribution in [0.1, 0.15) is 57.8 Å². The minimum atomic E-state index is -3.99. The van der Waals surface area contributed by atoms with Gasteiger partial charge >= 0.3 is 6.18 Å². The summed E-state index contributed by atoms with van der Waals surface area (Å²) in [5.41, 5.74) is 1.43.